The van der Waals surface area contributed by atoms with E-state index in [0.717, 1.165) is 11.1 Å². The Bertz CT molecular complexity index is 878. The summed E-state index contributed by atoms with van der Waals surface area (Å²) in [5.74, 6) is -0.159. The minimum atomic E-state index is -3.47. The lowest BCUT2D eigenvalue weighted by atomic mass is 10.2. The molecule has 0 spiro atoms. The first-order chi connectivity index (χ1) is 12.4. The molecule has 0 atom stereocenters. The number of methoxy groups -OCH3 is 1. The van der Waals surface area contributed by atoms with Gasteiger partial charge in [0.15, 0.2) is 11.6 Å². The maximum absolute atomic E-state index is 13.8. The molecule has 0 N–H and O–H groups in total. The summed E-state index contributed by atoms with van der Waals surface area (Å²) < 4.78 is 45.9. The van der Waals surface area contributed by atoms with Crippen molar-refractivity contribution in [3.63, 3.8) is 0 Å². The van der Waals surface area contributed by atoms with Crippen molar-refractivity contribution in [3.05, 3.63) is 59.4 Å². The Morgan fingerprint density at radius 1 is 1.08 bits per heavy atom. The first-order valence-corrected chi connectivity index (χ1v) is 9.96. The third-order valence-electron chi connectivity index (χ3n) is 4.67. The second-order valence-electron chi connectivity index (χ2n) is 6.41. The summed E-state index contributed by atoms with van der Waals surface area (Å²) in [6.45, 7) is 4.46. The molecule has 0 aliphatic carbocycles. The van der Waals surface area contributed by atoms with Gasteiger partial charge in [-0.3, -0.25) is 4.90 Å². The van der Waals surface area contributed by atoms with E-state index in [1.165, 1.54) is 17.5 Å². The van der Waals surface area contributed by atoms with E-state index in [-0.39, 0.29) is 11.6 Å². The molecule has 3 rings (SSSR count). The number of nitrogens with zero attached hydrogens (tertiary/aromatic N) is 2. The summed E-state index contributed by atoms with van der Waals surface area (Å²) in [6.07, 6.45) is 0. The average Bonchev–Trinajstić information content (AvgIpc) is 2.62. The summed E-state index contributed by atoms with van der Waals surface area (Å²) in [7, 11) is -2.04. The Hall–Kier alpha value is -1.96. The van der Waals surface area contributed by atoms with E-state index in [1.807, 2.05) is 12.1 Å². The Morgan fingerprint density at radius 3 is 2.38 bits per heavy atom. The van der Waals surface area contributed by atoms with Gasteiger partial charge in [-0.15, -0.1) is 0 Å². The van der Waals surface area contributed by atoms with Gasteiger partial charge in [0.1, 0.15) is 0 Å². The summed E-state index contributed by atoms with van der Waals surface area (Å²) in [6, 6.07) is 11.9. The fraction of sp³-hybridized carbons (Fsp3) is 0.368. The minimum absolute atomic E-state index is 0.225. The molecule has 2 aromatic carbocycles. The molecule has 2 aromatic rings. The molecule has 0 bridgehead atoms. The van der Waals surface area contributed by atoms with E-state index in [4.69, 9.17) is 4.74 Å². The van der Waals surface area contributed by atoms with Crippen molar-refractivity contribution in [2.24, 2.45) is 0 Å². The topological polar surface area (TPSA) is 49.9 Å². The number of aryl methyl sites for hydroxylation is 1. The summed E-state index contributed by atoms with van der Waals surface area (Å²) in [4.78, 5) is 2.50. The highest BCUT2D eigenvalue weighted by molar-refractivity contribution is 7.89. The lowest BCUT2D eigenvalue weighted by Crippen LogP contribution is -2.48. The van der Waals surface area contributed by atoms with Gasteiger partial charge in [0, 0.05) is 32.7 Å². The molecule has 0 amide bonds. The maximum Gasteiger partial charge on any atom is 0.243 e. The van der Waals surface area contributed by atoms with Gasteiger partial charge in [0.25, 0.3) is 0 Å². The third-order valence-corrected chi connectivity index (χ3v) is 6.72. The fourth-order valence-corrected chi connectivity index (χ4v) is 4.83. The number of ether oxygens (including phenoxy) is 1. The zero-order valence-electron chi connectivity index (χ0n) is 15.0. The monoisotopic (exact) mass is 378 g/mol. The smallest absolute Gasteiger partial charge is 0.243 e. The first kappa shape index (κ1) is 18.8. The van der Waals surface area contributed by atoms with Crippen molar-refractivity contribution < 1.29 is 17.5 Å². The van der Waals surface area contributed by atoms with Crippen LogP contribution >= 0.6 is 0 Å². The number of hydrogen-bond acceptors (Lipinski definition) is 4. The SMILES string of the molecule is COc1ccc(CN2CCN(S(=O)(=O)c3ccccc3C)CC2)cc1F. The maximum atomic E-state index is 13.8. The van der Waals surface area contributed by atoms with Crippen LogP contribution in [-0.2, 0) is 16.6 Å². The average molecular weight is 378 g/mol. The van der Waals surface area contributed by atoms with Crippen LogP contribution in [0.3, 0.4) is 0 Å². The van der Waals surface area contributed by atoms with Crippen LogP contribution in [0.4, 0.5) is 4.39 Å². The van der Waals surface area contributed by atoms with Crippen molar-refractivity contribution in [1.29, 1.82) is 0 Å². The largest absolute Gasteiger partial charge is 0.494 e. The van der Waals surface area contributed by atoms with E-state index >= 15 is 0 Å². The van der Waals surface area contributed by atoms with Crippen LogP contribution < -0.4 is 4.74 Å². The van der Waals surface area contributed by atoms with Gasteiger partial charge >= 0.3 is 0 Å². The zero-order chi connectivity index (χ0) is 18.7. The number of sulfonamides is 1. The number of rotatable bonds is 5. The fourth-order valence-electron chi connectivity index (χ4n) is 3.18. The van der Waals surface area contributed by atoms with Gasteiger partial charge in [0.05, 0.1) is 12.0 Å². The van der Waals surface area contributed by atoms with Gasteiger partial charge < -0.3 is 4.74 Å². The summed E-state index contributed by atoms with van der Waals surface area (Å²) in [5.41, 5.74) is 1.60. The highest BCUT2D eigenvalue weighted by Gasteiger charge is 2.29. The summed E-state index contributed by atoms with van der Waals surface area (Å²) >= 11 is 0. The molecule has 0 aromatic heterocycles. The lowest BCUT2D eigenvalue weighted by molar-refractivity contribution is 0.181. The van der Waals surface area contributed by atoms with Crippen molar-refractivity contribution in [1.82, 2.24) is 9.21 Å². The molecule has 1 heterocycles. The minimum Gasteiger partial charge on any atom is -0.494 e. The number of piperazine rings is 1. The van der Waals surface area contributed by atoms with Crippen LogP contribution in [0.5, 0.6) is 5.75 Å². The van der Waals surface area contributed by atoms with Gasteiger partial charge in [-0.05, 0) is 36.2 Å². The summed E-state index contributed by atoms with van der Waals surface area (Å²) in [5, 5.41) is 0. The quantitative estimate of drug-likeness (QED) is 0.803. The standard InChI is InChI=1S/C19H23FN2O3S/c1-15-5-3-4-6-19(15)26(23,24)22-11-9-21(10-12-22)14-16-7-8-18(25-2)17(20)13-16/h3-8,13H,9-12,14H2,1-2H3. The molecular weight excluding hydrogens is 355 g/mol. The van der Waals surface area contributed by atoms with E-state index < -0.39 is 10.0 Å². The Kier molecular flexibility index (Phi) is 5.60. The molecule has 1 saturated heterocycles. The molecule has 0 radical (unpaired) electrons. The molecule has 0 unspecified atom stereocenters. The first-order valence-electron chi connectivity index (χ1n) is 8.52. The van der Waals surface area contributed by atoms with Gasteiger partial charge in [0.2, 0.25) is 10.0 Å². The second kappa shape index (κ2) is 7.73. The zero-order valence-corrected chi connectivity index (χ0v) is 15.8. The molecule has 7 heteroatoms. The van der Waals surface area contributed by atoms with E-state index in [2.05, 4.69) is 4.90 Å². The molecular formula is C19H23FN2O3S. The molecule has 5 nitrogen and oxygen atoms in total. The van der Waals surface area contributed by atoms with Gasteiger partial charge in [-0.1, -0.05) is 24.3 Å². The van der Waals surface area contributed by atoms with E-state index in [9.17, 15) is 12.8 Å². The van der Waals surface area contributed by atoms with Crippen molar-refractivity contribution in [3.8, 4) is 5.75 Å². The molecule has 1 fully saturated rings. The van der Waals surface area contributed by atoms with Crippen molar-refractivity contribution in [2.75, 3.05) is 33.3 Å². The Labute approximate surface area is 154 Å². The highest BCUT2D eigenvalue weighted by atomic mass is 32.2. The highest BCUT2D eigenvalue weighted by Crippen LogP contribution is 2.22. The van der Waals surface area contributed by atoms with Gasteiger partial charge in [-0.2, -0.15) is 4.31 Å². The van der Waals surface area contributed by atoms with Crippen LogP contribution in [0.2, 0.25) is 0 Å². The van der Waals surface area contributed by atoms with Crippen molar-refractivity contribution >= 4 is 10.0 Å². The number of benzene rings is 2. The molecule has 0 saturated carbocycles. The molecule has 26 heavy (non-hydrogen) atoms. The van der Waals surface area contributed by atoms with Crippen LogP contribution in [0.15, 0.2) is 47.4 Å². The number of hydrogen-bond donors (Lipinski definition) is 0. The Balaban J connectivity index is 1.64. The molecule has 1 aliphatic heterocycles. The normalized spacial score (nSPS) is 16.6. The Morgan fingerprint density at radius 2 is 1.77 bits per heavy atom. The predicted octanol–water partition coefficient (Wildman–Crippen LogP) is 2.65. The van der Waals surface area contributed by atoms with Gasteiger partial charge in [-0.25, -0.2) is 12.8 Å². The van der Waals surface area contributed by atoms with Crippen molar-refractivity contribution in [2.45, 2.75) is 18.4 Å². The second-order valence-corrected chi connectivity index (χ2v) is 8.32. The molecule has 1 aliphatic rings. The van der Waals surface area contributed by atoms with Crippen LogP contribution in [0.1, 0.15) is 11.1 Å². The third kappa shape index (κ3) is 3.90. The predicted molar refractivity (Wildman–Crippen MR) is 98.2 cm³/mol. The number of halogens is 1. The molecule has 140 valence electrons. The van der Waals surface area contributed by atoms with E-state index in [0.29, 0.717) is 37.6 Å². The lowest BCUT2D eigenvalue weighted by Gasteiger charge is -2.34. The van der Waals surface area contributed by atoms with Crippen LogP contribution in [0.25, 0.3) is 0 Å². The van der Waals surface area contributed by atoms with E-state index in [1.54, 1.807) is 31.2 Å². The van der Waals surface area contributed by atoms with Crippen LogP contribution in [0, 0.1) is 12.7 Å². The van der Waals surface area contributed by atoms with Crippen LogP contribution in [-0.4, -0.2) is 50.9 Å².